The molecule has 150 valence electrons. The minimum Gasteiger partial charge on any atom is -0.494 e. The molecular weight excluding hydrogens is 370 g/mol. The Bertz CT molecular complexity index is 920. The number of nitrogens with zero attached hydrogens (tertiary/aromatic N) is 2. The number of hydrogen-bond acceptors (Lipinski definition) is 6. The van der Waals surface area contributed by atoms with Crippen LogP contribution >= 0.6 is 11.3 Å². The summed E-state index contributed by atoms with van der Waals surface area (Å²) >= 11 is 1.72. The number of anilines is 1. The molecular formula is C22H29N3O2S. The molecule has 2 heterocycles. The summed E-state index contributed by atoms with van der Waals surface area (Å²) in [5.74, 6) is 2.58. The van der Waals surface area contributed by atoms with Crippen LogP contribution in [0.1, 0.15) is 37.9 Å². The van der Waals surface area contributed by atoms with Crippen LogP contribution in [0.2, 0.25) is 0 Å². The molecule has 0 atom stereocenters. The molecule has 0 radical (unpaired) electrons. The molecule has 0 aliphatic rings. The van der Waals surface area contributed by atoms with Gasteiger partial charge in [0.2, 0.25) is 0 Å². The normalized spacial score (nSPS) is 11.4. The van der Waals surface area contributed by atoms with Crippen LogP contribution in [0.5, 0.6) is 5.75 Å². The van der Waals surface area contributed by atoms with Crippen LogP contribution in [0.25, 0.3) is 21.3 Å². The van der Waals surface area contributed by atoms with Gasteiger partial charge in [-0.2, -0.15) is 0 Å². The van der Waals surface area contributed by atoms with E-state index in [1.54, 1.807) is 11.3 Å². The first-order chi connectivity index (χ1) is 13.5. The van der Waals surface area contributed by atoms with Crippen molar-refractivity contribution in [1.82, 2.24) is 9.97 Å². The van der Waals surface area contributed by atoms with E-state index in [1.807, 2.05) is 26.0 Å². The van der Waals surface area contributed by atoms with Gasteiger partial charge in [0, 0.05) is 23.6 Å². The zero-order chi connectivity index (χ0) is 20.1. The third kappa shape index (κ3) is 4.80. The molecule has 0 spiro atoms. The lowest BCUT2D eigenvalue weighted by Crippen LogP contribution is -2.10. The summed E-state index contributed by atoms with van der Waals surface area (Å²) in [5.41, 5.74) is 2.36. The van der Waals surface area contributed by atoms with Gasteiger partial charge < -0.3 is 14.8 Å². The molecule has 5 nitrogen and oxygen atoms in total. The van der Waals surface area contributed by atoms with Gasteiger partial charge in [0.15, 0.2) is 0 Å². The SMILES string of the molecule is CCOc1ccc(-c2c(C)sc3nc(C)nc(NCCCOC(C)C)c23)cc1. The minimum absolute atomic E-state index is 0.263. The fourth-order valence-corrected chi connectivity index (χ4v) is 4.27. The number of benzene rings is 1. The highest BCUT2D eigenvalue weighted by Gasteiger charge is 2.17. The fourth-order valence-electron chi connectivity index (χ4n) is 3.18. The summed E-state index contributed by atoms with van der Waals surface area (Å²) < 4.78 is 11.2. The van der Waals surface area contributed by atoms with Crippen LogP contribution in [0.15, 0.2) is 24.3 Å². The van der Waals surface area contributed by atoms with E-state index in [2.05, 4.69) is 43.2 Å². The molecule has 1 N–H and O–H groups in total. The molecule has 28 heavy (non-hydrogen) atoms. The zero-order valence-corrected chi connectivity index (χ0v) is 18.2. The highest BCUT2D eigenvalue weighted by atomic mass is 32.1. The van der Waals surface area contributed by atoms with E-state index in [-0.39, 0.29) is 6.10 Å². The van der Waals surface area contributed by atoms with Crippen molar-refractivity contribution in [2.24, 2.45) is 0 Å². The van der Waals surface area contributed by atoms with E-state index in [1.165, 1.54) is 10.4 Å². The Hall–Kier alpha value is -2.18. The van der Waals surface area contributed by atoms with E-state index in [0.717, 1.165) is 52.7 Å². The van der Waals surface area contributed by atoms with Crippen LogP contribution in [-0.4, -0.2) is 35.8 Å². The van der Waals surface area contributed by atoms with Crippen LogP contribution in [0.3, 0.4) is 0 Å². The van der Waals surface area contributed by atoms with Crippen molar-refractivity contribution in [2.45, 2.75) is 47.1 Å². The van der Waals surface area contributed by atoms with Crippen molar-refractivity contribution < 1.29 is 9.47 Å². The first kappa shape index (κ1) is 20.6. The van der Waals surface area contributed by atoms with Crippen LogP contribution in [-0.2, 0) is 4.74 Å². The topological polar surface area (TPSA) is 56.3 Å². The lowest BCUT2D eigenvalue weighted by Gasteiger charge is -2.11. The molecule has 3 aromatic rings. The maximum Gasteiger partial charge on any atom is 0.139 e. The van der Waals surface area contributed by atoms with Gasteiger partial charge in [-0.1, -0.05) is 12.1 Å². The number of aryl methyl sites for hydroxylation is 2. The smallest absolute Gasteiger partial charge is 0.139 e. The van der Waals surface area contributed by atoms with Gasteiger partial charge in [-0.05, 0) is 58.7 Å². The van der Waals surface area contributed by atoms with E-state index < -0.39 is 0 Å². The standard InChI is InChI=1S/C22H29N3O2S/c1-6-26-18-10-8-17(9-11-18)19-15(4)28-22-20(19)21(24-16(5)25-22)23-12-7-13-27-14(2)3/h8-11,14H,6-7,12-13H2,1-5H3,(H,23,24,25). The number of ether oxygens (including phenoxy) is 2. The molecule has 0 aliphatic heterocycles. The lowest BCUT2D eigenvalue weighted by atomic mass is 10.0. The third-order valence-corrected chi connectivity index (χ3v) is 5.36. The van der Waals surface area contributed by atoms with E-state index in [9.17, 15) is 0 Å². The molecule has 3 rings (SSSR count). The Labute approximate surface area is 171 Å². The Morgan fingerprint density at radius 2 is 1.86 bits per heavy atom. The number of fused-ring (bicyclic) bond motifs is 1. The number of aromatic nitrogens is 2. The quantitative estimate of drug-likeness (QED) is 0.475. The highest BCUT2D eigenvalue weighted by Crippen LogP contribution is 2.41. The second kappa shape index (κ2) is 9.34. The second-order valence-corrected chi connectivity index (χ2v) is 8.19. The average Bonchev–Trinajstić information content (AvgIpc) is 2.97. The van der Waals surface area contributed by atoms with Crippen LogP contribution in [0.4, 0.5) is 5.82 Å². The Balaban J connectivity index is 1.91. The summed E-state index contributed by atoms with van der Waals surface area (Å²) in [7, 11) is 0. The summed E-state index contributed by atoms with van der Waals surface area (Å²) in [5, 5.41) is 4.61. The van der Waals surface area contributed by atoms with Crippen molar-refractivity contribution in [2.75, 3.05) is 25.1 Å². The highest BCUT2D eigenvalue weighted by molar-refractivity contribution is 7.19. The summed E-state index contributed by atoms with van der Waals surface area (Å²) in [4.78, 5) is 11.6. The molecule has 0 amide bonds. The Kier molecular flexibility index (Phi) is 6.86. The summed E-state index contributed by atoms with van der Waals surface area (Å²) in [6.07, 6.45) is 1.20. The zero-order valence-electron chi connectivity index (χ0n) is 17.3. The number of hydrogen-bond donors (Lipinski definition) is 1. The summed E-state index contributed by atoms with van der Waals surface area (Å²) in [6, 6.07) is 8.26. The van der Waals surface area contributed by atoms with Gasteiger partial charge in [-0.15, -0.1) is 11.3 Å². The Morgan fingerprint density at radius 3 is 2.54 bits per heavy atom. The van der Waals surface area contributed by atoms with E-state index >= 15 is 0 Å². The third-order valence-electron chi connectivity index (χ3n) is 4.36. The number of rotatable bonds is 9. The van der Waals surface area contributed by atoms with Crippen molar-refractivity contribution in [3.63, 3.8) is 0 Å². The van der Waals surface area contributed by atoms with Gasteiger partial charge in [-0.25, -0.2) is 9.97 Å². The first-order valence-electron chi connectivity index (χ1n) is 9.86. The fraction of sp³-hybridized carbons (Fsp3) is 0.455. The molecule has 0 aliphatic carbocycles. The van der Waals surface area contributed by atoms with Crippen molar-refractivity contribution in [1.29, 1.82) is 0 Å². The Morgan fingerprint density at radius 1 is 1.11 bits per heavy atom. The molecule has 0 bridgehead atoms. The van der Waals surface area contributed by atoms with E-state index in [0.29, 0.717) is 6.61 Å². The predicted octanol–water partition coefficient (Wildman–Crippen LogP) is 5.60. The molecule has 6 heteroatoms. The van der Waals surface area contributed by atoms with Crippen molar-refractivity contribution in [3.05, 3.63) is 35.0 Å². The van der Waals surface area contributed by atoms with Gasteiger partial charge in [0.25, 0.3) is 0 Å². The predicted molar refractivity (Wildman–Crippen MR) is 118 cm³/mol. The molecule has 0 saturated heterocycles. The second-order valence-electron chi connectivity index (χ2n) is 6.99. The summed E-state index contributed by atoms with van der Waals surface area (Å²) in [6.45, 7) is 12.4. The molecule has 0 fully saturated rings. The minimum atomic E-state index is 0.263. The van der Waals surface area contributed by atoms with Gasteiger partial charge in [0.1, 0.15) is 22.2 Å². The maximum absolute atomic E-state index is 5.64. The molecule has 0 saturated carbocycles. The number of thiophene rings is 1. The maximum atomic E-state index is 5.64. The van der Waals surface area contributed by atoms with Gasteiger partial charge in [-0.3, -0.25) is 0 Å². The molecule has 1 aromatic carbocycles. The van der Waals surface area contributed by atoms with Gasteiger partial charge >= 0.3 is 0 Å². The lowest BCUT2D eigenvalue weighted by molar-refractivity contribution is 0.0787. The van der Waals surface area contributed by atoms with Crippen molar-refractivity contribution >= 4 is 27.4 Å². The number of nitrogens with one attached hydrogen (secondary N) is 1. The average molecular weight is 400 g/mol. The molecule has 0 unspecified atom stereocenters. The molecule has 2 aromatic heterocycles. The van der Waals surface area contributed by atoms with Gasteiger partial charge in [0.05, 0.1) is 18.1 Å². The van der Waals surface area contributed by atoms with E-state index in [4.69, 9.17) is 14.5 Å². The van der Waals surface area contributed by atoms with Crippen LogP contribution < -0.4 is 10.1 Å². The monoisotopic (exact) mass is 399 g/mol. The van der Waals surface area contributed by atoms with Crippen LogP contribution in [0, 0.1) is 13.8 Å². The largest absolute Gasteiger partial charge is 0.494 e. The first-order valence-corrected chi connectivity index (χ1v) is 10.7. The van der Waals surface area contributed by atoms with Crippen molar-refractivity contribution in [3.8, 4) is 16.9 Å².